The van der Waals surface area contributed by atoms with Gasteiger partial charge in [0.25, 0.3) is 0 Å². The number of benzene rings is 3. The second-order valence-electron chi connectivity index (χ2n) is 9.92. The van der Waals surface area contributed by atoms with Crippen LogP contribution < -0.4 is 9.47 Å². The first kappa shape index (κ1) is 25.9. The van der Waals surface area contributed by atoms with Crippen molar-refractivity contribution in [3.8, 4) is 11.5 Å². The SMILES string of the molecule is CCc1cccc2c([C@@H](CC(=O)N3CCN(Cc4ccccc4)CC3)c3cccc(OC)c3OC)c[nH]c12. The van der Waals surface area contributed by atoms with Crippen molar-refractivity contribution in [1.82, 2.24) is 14.8 Å². The number of amides is 1. The van der Waals surface area contributed by atoms with Crippen molar-refractivity contribution in [2.45, 2.75) is 32.2 Å². The molecule has 1 aromatic heterocycles. The number of carbonyl (C=O) groups is 1. The molecule has 1 aliphatic rings. The Bertz CT molecular complexity index is 1370. The van der Waals surface area contributed by atoms with Gasteiger partial charge in [-0.05, 0) is 29.2 Å². The summed E-state index contributed by atoms with van der Waals surface area (Å²) in [5, 5.41) is 1.15. The molecule has 0 saturated carbocycles. The maximum atomic E-state index is 13.8. The Morgan fingerprint density at radius 2 is 1.66 bits per heavy atom. The molecule has 0 unspecified atom stereocenters. The molecule has 0 radical (unpaired) electrons. The zero-order valence-electron chi connectivity index (χ0n) is 22.6. The monoisotopic (exact) mass is 511 g/mol. The van der Waals surface area contributed by atoms with Crippen LogP contribution in [0.15, 0.2) is 72.9 Å². The van der Waals surface area contributed by atoms with Crippen LogP contribution in [0.25, 0.3) is 10.9 Å². The average molecular weight is 512 g/mol. The van der Waals surface area contributed by atoms with E-state index < -0.39 is 0 Å². The van der Waals surface area contributed by atoms with E-state index in [9.17, 15) is 4.79 Å². The predicted molar refractivity (Wildman–Crippen MR) is 152 cm³/mol. The summed E-state index contributed by atoms with van der Waals surface area (Å²) in [6.45, 7) is 6.31. The molecule has 4 aromatic rings. The van der Waals surface area contributed by atoms with E-state index >= 15 is 0 Å². The highest BCUT2D eigenvalue weighted by atomic mass is 16.5. The Labute approximate surface area is 225 Å². The molecule has 0 spiro atoms. The summed E-state index contributed by atoms with van der Waals surface area (Å²) in [6, 6.07) is 22.9. The van der Waals surface area contributed by atoms with E-state index in [-0.39, 0.29) is 11.8 Å². The molecule has 1 amide bonds. The largest absolute Gasteiger partial charge is 0.493 e. The zero-order chi connectivity index (χ0) is 26.5. The molecular formula is C32H37N3O3. The van der Waals surface area contributed by atoms with Gasteiger partial charge in [-0.25, -0.2) is 0 Å². The van der Waals surface area contributed by atoms with E-state index in [1.54, 1.807) is 14.2 Å². The number of piperazine rings is 1. The Morgan fingerprint density at radius 3 is 2.37 bits per heavy atom. The predicted octanol–water partition coefficient (Wildman–Crippen LogP) is 5.61. The van der Waals surface area contributed by atoms with Crippen LogP contribution in [0.3, 0.4) is 0 Å². The van der Waals surface area contributed by atoms with Gasteiger partial charge in [-0.1, -0.05) is 67.6 Å². The summed E-state index contributed by atoms with van der Waals surface area (Å²) in [5.74, 6) is 1.35. The number of para-hydroxylation sites is 2. The number of aromatic amines is 1. The molecular weight excluding hydrogens is 474 g/mol. The maximum Gasteiger partial charge on any atom is 0.223 e. The molecule has 5 rings (SSSR count). The van der Waals surface area contributed by atoms with Crippen molar-refractivity contribution < 1.29 is 14.3 Å². The molecule has 2 heterocycles. The number of nitrogens with zero attached hydrogens (tertiary/aromatic N) is 2. The summed E-state index contributed by atoms with van der Waals surface area (Å²) < 4.78 is 11.5. The van der Waals surface area contributed by atoms with Crippen LogP contribution in [0.2, 0.25) is 0 Å². The number of methoxy groups -OCH3 is 2. The molecule has 6 heteroatoms. The highest BCUT2D eigenvalue weighted by molar-refractivity contribution is 5.88. The first-order valence-electron chi connectivity index (χ1n) is 13.5. The van der Waals surface area contributed by atoms with Gasteiger partial charge in [0.05, 0.1) is 14.2 Å². The number of H-pyrrole nitrogens is 1. The third kappa shape index (κ3) is 5.27. The third-order valence-corrected chi connectivity index (χ3v) is 7.75. The normalized spacial score (nSPS) is 15.0. The van der Waals surface area contributed by atoms with Gasteiger partial charge in [0.15, 0.2) is 11.5 Å². The highest BCUT2D eigenvalue weighted by Crippen LogP contribution is 2.42. The fourth-order valence-electron chi connectivity index (χ4n) is 5.70. The minimum absolute atomic E-state index is 0.167. The summed E-state index contributed by atoms with van der Waals surface area (Å²) >= 11 is 0. The zero-order valence-corrected chi connectivity index (χ0v) is 22.6. The molecule has 198 valence electrons. The van der Waals surface area contributed by atoms with E-state index in [1.807, 2.05) is 23.1 Å². The number of carbonyl (C=O) groups excluding carboxylic acids is 1. The summed E-state index contributed by atoms with van der Waals surface area (Å²) in [6.07, 6.45) is 3.38. The lowest BCUT2D eigenvalue weighted by Gasteiger charge is -2.35. The van der Waals surface area contributed by atoms with Crippen molar-refractivity contribution in [3.05, 3.63) is 95.2 Å². The number of hydrogen-bond donors (Lipinski definition) is 1. The number of aryl methyl sites for hydroxylation is 1. The van der Waals surface area contributed by atoms with Crippen molar-refractivity contribution in [2.75, 3.05) is 40.4 Å². The first-order valence-corrected chi connectivity index (χ1v) is 13.5. The van der Waals surface area contributed by atoms with E-state index in [2.05, 4.69) is 71.5 Å². The van der Waals surface area contributed by atoms with Crippen molar-refractivity contribution in [3.63, 3.8) is 0 Å². The number of nitrogens with one attached hydrogen (secondary N) is 1. The maximum absolute atomic E-state index is 13.8. The average Bonchev–Trinajstić information content (AvgIpc) is 3.40. The van der Waals surface area contributed by atoms with Crippen molar-refractivity contribution >= 4 is 16.8 Å². The second-order valence-corrected chi connectivity index (χ2v) is 9.92. The number of rotatable bonds is 9. The number of aromatic nitrogens is 1. The van der Waals surface area contributed by atoms with E-state index in [0.717, 1.165) is 61.2 Å². The van der Waals surface area contributed by atoms with Gasteiger partial charge in [-0.3, -0.25) is 9.69 Å². The molecule has 1 aliphatic heterocycles. The lowest BCUT2D eigenvalue weighted by molar-refractivity contribution is -0.133. The highest BCUT2D eigenvalue weighted by Gasteiger charge is 2.29. The first-order chi connectivity index (χ1) is 18.6. The van der Waals surface area contributed by atoms with Crippen LogP contribution in [-0.4, -0.2) is 61.1 Å². The smallest absolute Gasteiger partial charge is 0.223 e. The minimum Gasteiger partial charge on any atom is -0.493 e. The fourth-order valence-corrected chi connectivity index (χ4v) is 5.70. The van der Waals surface area contributed by atoms with Gasteiger partial charge >= 0.3 is 0 Å². The van der Waals surface area contributed by atoms with E-state index in [1.165, 1.54) is 11.1 Å². The molecule has 3 aromatic carbocycles. The Kier molecular flexibility index (Phi) is 7.99. The quantitative estimate of drug-likeness (QED) is 0.317. The number of fused-ring (bicyclic) bond motifs is 1. The molecule has 6 nitrogen and oxygen atoms in total. The molecule has 1 atom stereocenters. The van der Waals surface area contributed by atoms with Gasteiger partial charge in [-0.2, -0.15) is 0 Å². The number of hydrogen-bond acceptors (Lipinski definition) is 4. The van der Waals surface area contributed by atoms with Gasteiger partial charge in [-0.15, -0.1) is 0 Å². The van der Waals surface area contributed by atoms with Crippen LogP contribution in [0.4, 0.5) is 0 Å². The third-order valence-electron chi connectivity index (χ3n) is 7.75. The topological polar surface area (TPSA) is 57.8 Å². The lowest BCUT2D eigenvalue weighted by Crippen LogP contribution is -2.48. The second kappa shape index (κ2) is 11.7. The van der Waals surface area contributed by atoms with Gasteiger partial charge < -0.3 is 19.4 Å². The van der Waals surface area contributed by atoms with Gasteiger partial charge in [0.2, 0.25) is 5.91 Å². The van der Waals surface area contributed by atoms with Gasteiger partial charge in [0, 0.05) is 67.7 Å². The van der Waals surface area contributed by atoms with Crippen LogP contribution in [0.1, 0.15) is 41.5 Å². The minimum atomic E-state index is -0.171. The molecule has 0 aliphatic carbocycles. The molecule has 1 fully saturated rings. The standard InChI is InChI=1S/C32H37N3O3/c1-4-24-12-8-13-25-28(21-33-31(24)25)27(26-14-9-15-29(37-2)32(26)38-3)20-30(36)35-18-16-34(17-19-35)22-23-10-6-5-7-11-23/h5-15,21,27,33H,4,16-20,22H2,1-3H3/t27-/m0/s1. The van der Waals surface area contributed by atoms with Crippen LogP contribution in [0, 0.1) is 0 Å². The Morgan fingerprint density at radius 1 is 0.895 bits per heavy atom. The summed E-state index contributed by atoms with van der Waals surface area (Å²) in [5.41, 5.74) is 5.79. The molecule has 0 bridgehead atoms. The Hall–Kier alpha value is -3.77. The van der Waals surface area contributed by atoms with E-state index in [4.69, 9.17) is 9.47 Å². The van der Waals surface area contributed by atoms with Crippen LogP contribution >= 0.6 is 0 Å². The van der Waals surface area contributed by atoms with Gasteiger partial charge in [0.1, 0.15) is 0 Å². The Balaban J connectivity index is 1.41. The van der Waals surface area contributed by atoms with E-state index in [0.29, 0.717) is 17.9 Å². The van der Waals surface area contributed by atoms with Crippen LogP contribution in [0.5, 0.6) is 11.5 Å². The molecule has 38 heavy (non-hydrogen) atoms. The summed E-state index contributed by atoms with van der Waals surface area (Å²) in [4.78, 5) is 21.7. The molecule has 1 saturated heterocycles. The fraction of sp³-hybridized carbons (Fsp3) is 0.344. The summed E-state index contributed by atoms with van der Waals surface area (Å²) in [7, 11) is 3.31. The van der Waals surface area contributed by atoms with Crippen molar-refractivity contribution in [2.24, 2.45) is 0 Å². The number of ether oxygens (including phenoxy) is 2. The van der Waals surface area contributed by atoms with Crippen molar-refractivity contribution in [1.29, 1.82) is 0 Å². The lowest BCUT2D eigenvalue weighted by atomic mass is 9.86. The molecule has 1 N–H and O–H groups in total. The van der Waals surface area contributed by atoms with Crippen LogP contribution in [-0.2, 0) is 17.8 Å².